The smallest absolute Gasteiger partial charge is 0.293 e. The highest BCUT2D eigenvalue weighted by atomic mass is 35.5. The Hall–Kier alpha value is -5.65. The fourth-order valence-corrected chi connectivity index (χ4v) is 10.4. The lowest BCUT2D eigenvalue weighted by Crippen LogP contribution is -2.53. The van der Waals surface area contributed by atoms with E-state index in [1.165, 1.54) is 11.9 Å². The Labute approximate surface area is 381 Å². The molecule has 4 aromatic rings. The molecule has 2 aromatic carbocycles. The van der Waals surface area contributed by atoms with Gasteiger partial charge in [0.25, 0.3) is 17.4 Å². The predicted octanol–water partition coefficient (Wildman–Crippen LogP) is 5.75. The zero-order valence-electron chi connectivity index (χ0n) is 37.1. The summed E-state index contributed by atoms with van der Waals surface area (Å²) in [4.78, 5) is 78.2. The van der Waals surface area contributed by atoms with Gasteiger partial charge in [-0.05, 0) is 121 Å². The number of pyridine rings is 1. The summed E-state index contributed by atoms with van der Waals surface area (Å²) in [5.41, 5.74) is 2.41. The van der Waals surface area contributed by atoms with Crippen molar-refractivity contribution in [2.24, 2.45) is 0 Å². The first-order valence-electron chi connectivity index (χ1n) is 22.7. The van der Waals surface area contributed by atoms with Crippen LogP contribution in [0.4, 0.5) is 21.8 Å². The molecule has 344 valence electrons. The summed E-state index contributed by atoms with van der Waals surface area (Å²) in [6.45, 7) is 8.52. The van der Waals surface area contributed by atoms with Gasteiger partial charge in [-0.1, -0.05) is 17.7 Å². The van der Waals surface area contributed by atoms with Gasteiger partial charge in [0, 0.05) is 60.8 Å². The van der Waals surface area contributed by atoms with Crippen LogP contribution >= 0.6 is 11.6 Å². The largest absolute Gasteiger partial charge is 0.478 e. The van der Waals surface area contributed by atoms with Gasteiger partial charge in [0.1, 0.15) is 16.9 Å². The molecule has 1 aliphatic carbocycles. The van der Waals surface area contributed by atoms with Crippen molar-refractivity contribution >= 4 is 63.6 Å². The van der Waals surface area contributed by atoms with Crippen LogP contribution < -0.4 is 31.1 Å². The topological polar surface area (TPSA) is 180 Å². The van der Waals surface area contributed by atoms with Gasteiger partial charge in [-0.25, -0.2) is 9.37 Å². The number of carbonyl (C=O) groups is 4. The predicted molar refractivity (Wildman–Crippen MR) is 242 cm³/mol. The second kappa shape index (κ2) is 18.3. The van der Waals surface area contributed by atoms with Crippen molar-refractivity contribution in [3.05, 3.63) is 80.5 Å². The number of likely N-dealkylation sites (N-methyl/N-ethyl adjacent to an activating group) is 1. The van der Waals surface area contributed by atoms with Gasteiger partial charge in [-0.2, -0.15) is 4.98 Å². The minimum Gasteiger partial charge on any atom is -0.478 e. The Morgan fingerprint density at radius 3 is 2.45 bits per heavy atom. The monoisotopic (exact) mass is 911 g/mol. The zero-order chi connectivity index (χ0) is 45.7. The van der Waals surface area contributed by atoms with E-state index < -0.39 is 18.0 Å². The number of nitrogens with one attached hydrogen (secondary N) is 3. The molecule has 4 fully saturated rings. The SMILES string of the molecule is CNC(=O)COc1cc2cc(Nc3nc(N4CCC(OC5CC(N6CCC(c7ccc8c(c7F)[C@H](C)N([C@@H]7CCC(=O)NC7=O)C8=O)CC6)C5)CC4)ncc3Cl)ccc2n(C(C)C)c1=O. The minimum absolute atomic E-state index is 0.0413. The second-order valence-electron chi connectivity index (χ2n) is 18.2. The third kappa shape index (κ3) is 8.77. The summed E-state index contributed by atoms with van der Waals surface area (Å²) >= 11 is 6.60. The molecule has 2 atom stereocenters. The van der Waals surface area contributed by atoms with Crippen molar-refractivity contribution in [1.82, 2.24) is 35.0 Å². The zero-order valence-corrected chi connectivity index (χ0v) is 37.8. The number of hydrogen-bond donors (Lipinski definition) is 3. The van der Waals surface area contributed by atoms with Crippen molar-refractivity contribution in [1.29, 1.82) is 0 Å². The van der Waals surface area contributed by atoms with E-state index in [0.717, 1.165) is 75.6 Å². The molecule has 9 rings (SSSR count). The Morgan fingerprint density at radius 1 is 0.985 bits per heavy atom. The molecule has 65 heavy (non-hydrogen) atoms. The van der Waals surface area contributed by atoms with Crippen molar-refractivity contribution in [3.63, 3.8) is 0 Å². The van der Waals surface area contributed by atoms with E-state index in [9.17, 15) is 24.0 Å². The minimum atomic E-state index is -0.792. The number of rotatable bonds is 12. The molecule has 2 aromatic heterocycles. The lowest BCUT2D eigenvalue weighted by molar-refractivity contribution is -0.137. The van der Waals surface area contributed by atoms with Crippen LogP contribution in [0.3, 0.4) is 0 Å². The van der Waals surface area contributed by atoms with Crippen molar-refractivity contribution in [2.45, 2.75) is 114 Å². The average Bonchev–Trinajstić information content (AvgIpc) is 3.53. The standard InChI is InChI=1S/C47H55ClFN9O7/c1-25(2)57-36-8-5-29(19-28(36)20-38(46(57)63)64-24-40(60)50-4)52-43-35(48)23-51-47(54-43)56-17-13-31(14-18-56)65-32-21-30(22-32)55-15-11-27(12-16-55)33-6-7-34-41(42(33)49)26(3)58(45(34)62)37-9-10-39(59)53-44(37)61/h5-8,19-20,23,25-27,30-32,37H,9-18,21-22,24H2,1-4H3,(H,50,60)(H,51,52,54)(H,53,59,61)/t26-,30?,32?,37+/m0/s1. The molecule has 3 N–H and O–H groups in total. The molecule has 0 spiro atoms. The average molecular weight is 912 g/mol. The number of carbonyl (C=O) groups excluding carboxylic acids is 4. The first-order valence-corrected chi connectivity index (χ1v) is 23.1. The van der Waals surface area contributed by atoms with E-state index >= 15 is 4.39 Å². The maximum Gasteiger partial charge on any atom is 0.293 e. The molecule has 0 unspecified atom stereocenters. The van der Waals surface area contributed by atoms with Crippen LogP contribution in [0.2, 0.25) is 5.02 Å². The van der Waals surface area contributed by atoms with Gasteiger partial charge in [-0.3, -0.25) is 29.3 Å². The number of piperidine rings is 3. The third-order valence-corrected chi connectivity index (χ3v) is 14.1. The van der Waals surface area contributed by atoms with Crippen LogP contribution in [-0.4, -0.2) is 112 Å². The van der Waals surface area contributed by atoms with E-state index in [-0.39, 0.29) is 78.5 Å². The molecular formula is C47H55ClFN9O7. The van der Waals surface area contributed by atoms with Gasteiger partial charge in [0.15, 0.2) is 18.2 Å². The second-order valence-corrected chi connectivity index (χ2v) is 18.6. The van der Waals surface area contributed by atoms with Crippen LogP contribution in [-0.2, 0) is 19.1 Å². The van der Waals surface area contributed by atoms with Crippen LogP contribution in [0, 0.1) is 5.82 Å². The molecule has 0 bridgehead atoms. The molecule has 4 aliphatic heterocycles. The maximum atomic E-state index is 16.3. The lowest BCUT2D eigenvalue weighted by Gasteiger charge is -2.47. The number of benzene rings is 2. The van der Waals surface area contributed by atoms with Crippen LogP contribution in [0.25, 0.3) is 10.9 Å². The Bertz CT molecular complexity index is 2590. The number of fused-ring (bicyclic) bond motifs is 2. The normalized spacial score (nSPS) is 23.2. The summed E-state index contributed by atoms with van der Waals surface area (Å²) in [5, 5.41) is 9.25. The molecule has 4 amide bonds. The fourth-order valence-electron chi connectivity index (χ4n) is 10.3. The molecular weight excluding hydrogens is 857 g/mol. The number of aromatic nitrogens is 3. The number of nitrogens with zero attached hydrogens (tertiary/aromatic N) is 6. The third-order valence-electron chi connectivity index (χ3n) is 13.9. The first-order chi connectivity index (χ1) is 31.3. The summed E-state index contributed by atoms with van der Waals surface area (Å²) < 4.78 is 30.1. The molecule has 6 heterocycles. The molecule has 3 saturated heterocycles. The lowest BCUT2D eigenvalue weighted by atomic mass is 9.82. The Balaban J connectivity index is 0.752. The fraction of sp³-hybridized carbons (Fsp3) is 0.511. The summed E-state index contributed by atoms with van der Waals surface area (Å²) in [7, 11) is 1.51. The van der Waals surface area contributed by atoms with E-state index in [1.807, 2.05) is 32.0 Å². The first kappa shape index (κ1) is 44.5. The van der Waals surface area contributed by atoms with E-state index in [2.05, 4.69) is 30.7 Å². The number of halogens is 2. The van der Waals surface area contributed by atoms with Gasteiger partial charge in [-0.15, -0.1) is 0 Å². The van der Waals surface area contributed by atoms with Crippen molar-refractivity contribution in [3.8, 4) is 5.75 Å². The van der Waals surface area contributed by atoms with Gasteiger partial charge in [0.2, 0.25) is 17.8 Å². The number of anilines is 3. The number of likely N-dealkylation sites (tertiary alicyclic amines) is 1. The maximum absolute atomic E-state index is 16.3. The highest BCUT2D eigenvalue weighted by Crippen LogP contribution is 2.43. The number of ether oxygens (including phenoxy) is 2. The number of hydrogen-bond acceptors (Lipinski definition) is 12. The molecule has 16 nitrogen and oxygen atoms in total. The van der Waals surface area contributed by atoms with Crippen LogP contribution in [0.1, 0.15) is 112 Å². The van der Waals surface area contributed by atoms with Gasteiger partial charge < -0.3 is 39.4 Å². The Kier molecular flexibility index (Phi) is 12.6. The quantitative estimate of drug-likeness (QED) is 0.147. The number of amides is 4. The molecule has 5 aliphatic rings. The summed E-state index contributed by atoms with van der Waals surface area (Å²) in [6.07, 6.45) is 7.59. The van der Waals surface area contributed by atoms with Gasteiger partial charge in [0.05, 0.1) is 30.0 Å². The molecule has 1 saturated carbocycles. The summed E-state index contributed by atoms with van der Waals surface area (Å²) in [5.74, 6) is -0.755. The van der Waals surface area contributed by atoms with Crippen LogP contribution in [0.5, 0.6) is 5.75 Å². The van der Waals surface area contributed by atoms with E-state index in [0.29, 0.717) is 45.2 Å². The summed E-state index contributed by atoms with van der Waals surface area (Å²) in [6, 6.07) is 9.63. The Morgan fingerprint density at radius 2 is 1.74 bits per heavy atom. The van der Waals surface area contributed by atoms with Crippen LogP contribution in [0.15, 0.2) is 47.4 Å². The highest BCUT2D eigenvalue weighted by molar-refractivity contribution is 6.33. The molecule has 18 heteroatoms. The van der Waals surface area contributed by atoms with E-state index in [4.69, 9.17) is 26.1 Å². The van der Waals surface area contributed by atoms with Crippen molar-refractivity contribution in [2.75, 3.05) is 50.1 Å². The molecule has 0 radical (unpaired) electrons. The number of imide groups is 1. The highest BCUT2D eigenvalue weighted by Gasteiger charge is 2.45. The van der Waals surface area contributed by atoms with E-state index in [1.54, 1.807) is 35.9 Å². The van der Waals surface area contributed by atoms with Gasteiger partial charge >= 0.3 is 0 Å². The van der Waals surface area contributed by atoms with Crippen molar-refractivity contribution < 1.29 is 33.0 Å².